The molecule has 0 heterocycles. The first-order valence-corrected chi connectivity index (χ1v) is 9.02. The van der Waals surface area contributed by atoms with Gasteiger partial charge in [-0.1, -0.05) is 19.1 Å². The molecule has 1 aromatic rings. The lowest BCUT2D eigenvalue weighted by molar-refractivity contribution is -0.117. The molecule has 2 rings (SSSR count). The van der Waals surface area contributed by atoms with Gasteiger partial charge in [0.15, 0.2) is 0 Å². The Kier molecular flexibility index (Phi) is 6.49. The second kappa shape index (κ2) is 8.37. The van der Waals surface area contributed by atoms with E-state index in [-0.39, 0.29) is 11.2 Å². The number of thioether (sulfide) groups is 1. The topological polar surface area (TPSA) is 56.1 Å². The minimum atomic E-state index is 0.0148. The van der Waals surface area contributed by atoms with E-state index in [2.05, 4.69) is 23.2 Å². The van der Waals surface area contributed by atoms with Crippen LogP contribution >= 0.6 is 11.8 Å². The number of carbonyl (C=O) groups is 1. The summed E-state index contributed by atoms with van der Waals surface area (Å²) in [4.78, 5) is 15.5. The molecule has 1 N–H and O–H groups in total. The molecule has 2 atom stereocenters. The van der Waals surface area contributed by atoms with Gasteiger partial charge in [0.1, 0.15) is 0 Å². The van der Waals surface area contributed by atoms with Crippen molar-refractivity contribution in [2.24, 2.45) is 5.92 Å². The van der Waals surface area contributed by atoms with Crippen LogP contribution in [0.4, 0.5) is 5.69 Å². The van der Waals surface area contributed by atoms with Crippen molar-refractivity contribution in [1.29, 1.82) is 5.26 Å². The fourth-order valence-corrected chi connectivity index (χ4v) is 3.55. The Bertz CT molecular complexity index is 580. The number of hydrogen-bond donors (Lipinski definition) is 1. The van der Waals surface area contributed by atoms with Crippen molar-refractivity contribution in [3.05, 3.63) is 24.3 Å². The van der Waals surface area contributed by atoms with Gasteiger partial charge in [-0.05, 0) is 44.9 Å². The Balaban J connectivity index is 1.93. The Morgan fingerprint density at radius 1 is 1.43 bits per heavy atom. The van der Waals surface area contributed by atoms with Gasteiger partial charge in [-0.2, -0.15) is 5.26 Å². The normalized spacial score (nSPS) is 16.7. The molecule has 0 saturated heterocycles. The Morgan fingerprint density at radius 3 is 2.78 bits per heavy atom. The first-order chi connectivity index (χ1) is 11.0. The summed E-state index contributed by atoms with van der Waals surface area (Å²) in [5.74, 6) is 0.767. The van der Waals surface area contributed by atoms with Gasteiger partial charge in [0.05, 0.1) is 18.3 Å². The molecule has 0 aliphatic heterocycles. The molecule has 4 nitrogen and oxygen atoms in total. The minimum Gasteiger partial charge on any atom is -0.324 e. The first-order valence-electron chi connectivity index (χ1n) is 8.14. The van der Waals surface area contributed by atoms with Crippen LogP contribution in [0.3, 0.4) is 0 Å². The number of anilines is 1. The van der Waals surface area contributed by atoms with E-state index in [1.54, 1.807) is 11.8 Å². The summed E-state index contributed by atoms with van der Waals surface area (Å²) in [7, 11) is 2.01. The molecule has 1 fully saturated rings. The Labute approximate surface area is 143 Å². The highest BCUT2D eigenvalue weighted by molar-refractivity contribution is 8.00. The minimum absolute atomic E-state index is 0.0148. The molecule has 1 saturated carbocycles. The first kappa shape index (κ1) is 17.8. The van der Waals surface area contributed by atoms with Crippen LogP contribution in [-0.2, 0) is 4.79 Å². The molecule has 5 heteroatoms. The van der Waals surface area contributed by atoms with Gasteiger partial charge in [0, 0.05) is 22.6 Å². The van der Waals surface area contributed by atoms with E-state index in [1.165, 1.54) is 12.8 Å². The molecule has 1 aromatic carbocycles. The predicted octanol–water partition coefficient (Wildman–Crippen LogP) is 3.75. The maximum atomic E-state index is 12.3. The smallest absolute Gasteiger partial charge is 0.238 e. The van der Waals surface area contributed by atoms with E-state index in [1.807, 2.05) is 38.2 Å². The van der Waals surface area contributed by atoms with Crippen molar-refractivity contribution in [3.8, 4) is 6.07 Å². The van der Waals surface area contributed by atoms with Crippen LogP contribution in [0.25, 0.3) is 0 Å². The van der Waals surface area contributed by atoms with Gasteiger partial charge >= 0.3 is 0 Å². The molecule has 1 aliphatic carbocycles. The lowest BCUT2D eigenvalue weighted by Crippen LogP contribution is -2.37. The molecule has 1 amide bonds. The Hall–Kier alpha value is -1.51. The number of nitriles is 1. The van der Waals surface area contributed by atoms with Crippen LogP contribution < -0.4 is 5.32 Å². The van der Waals surface area contributed by atoms with Crippen LogP contribution in [0.5, 0.6) is 0 Å². The zero-order valence-corrected chi connectivity index (χ0v) is 14.9. The second-order valence-corrected chi connectivity index (χ2v) is 7.81. The van der Waals surface area contributed by atoms with Crippen molar-refractivity contribution < 1.29 is 4.79 Å². The largest absolute Gasteiger partial charge is 0.324 e. The molecule has 1 aliphatic rings. The van der Waals surface area contributed by atoms with Crippen molar-refractivity contribution in [3.63, 3.8) is 0 Å². The highest BCUT2D eigenvalue weighted by atomic mass is 32.2. The monoisotopic (exact) mass is 331 g/mol. The molecule has 23 heavy (non-hydrogen) atoms. The third-order valence-corrected chi connectivity index (χ3v) is 5.44. The lowest BCUT2D eigenvalue weighted by atomic mass is 10.2. The van der Waals surface area contributed by atoms with Gasteiger partial charge in [-0.3, -0.25) is 9.69 Å². The zero-order valence-electron chi connectivity index (χ0n) is 14.1. The summed E-state index contributed by atoms with van der Waals surface area (Å²) in [5, 5.41) is 12.0. The average Bonchev–Trinajstić information content (AvgIpc) is 3.33. The number of hydrogen-bond acceptors (Lipinski definition) is 4. The highest BCUT2D eigenvalue weighted by Gasteiger charge is 2.31. The van der Waals surface area contributed by atoms with E-state index in [0.29, 0.717) is 19.0 Å². The SMILES string of the molecule is C[C@@H](CC#N)Sc1ccccc1NC(=O)CN(C)[C@@H](C)C1CC1. The van der Waals surface area contributed by atoms with Crippen LogP contribution in [-0.4, -0.2) is 35.7 Å². The van der Waals surface area contributed by atoms with Crippen molar-refractivity contribution >= 4 is 23.4 Å². The zero-order chi connectivity index (χ0) is 16.8. The maximum absolute atomic E-state index is 12.3. The standard InChI is InChI=1S/C18H25N3OS/c1-13(10-11-19)23-17-7-5-4-6-16(17)20-18(22)12-21(3)14(2)15-8-9-15/h4-7,13-15H,8-10,12H2,1-3H3,(H,20,22)/t13-,14-/m0/s1. The van der Waals surface area contributed by atoms with E-state index >= 15 is 0 Å². The summed E-state index contributed by atoms with van der Waals surface area (Å²) in [6.45, 7) is 4.63. The van der Waals surface area contributed by atoms with Crippen molar-refractivity contribution in [1.82, 2.24) is 4.90 Å². The summed E-state index contributed by atoms with van der Waals surface area (Å²) in [5.41, 5.74) is 0.833. The molecular weight excluding hydrogens is 306 g/mol. The van der Waals surface area contributed by atoms with E-state index < -0.39 is 0 Å². The van der Waals surface area contributed by atoms with Gasteiger partial charge in [0.2, 0.25) is 5.91 Å². The fraction of sp³-hybridized carbons (Fsp3) is 0.556. The number of benzene rings is 1. The number of nitrogens with zero attached hydrogens (tertiary/aromatic N) is 2. The van der Waals surface area contributed by atoms with Crippen molar-refractivity contribution in [2.45, 2.75) is 49.3 Å². The summed E-state index contributed by atoms with van der Waals surface area (Å²) in [6.07, 6.45) is 3.06. The van der Waals surface area contributed by atoms with Gasteiger partial charge < -0.3 is 5.32 Å². The number of rotatable bonds is 8. The Morgan fingerprint density at radius 2 is 2.13 bits per heavy atom. The van der Waals surface area contributed by atoms with Crippen LogP contribution in [0, 0.1) is 17.2 Å². The van der Waals surface area contributed by atoms with Gasteiger partial charge in [-0.25, -0.2) is 0 Å². The highest BCUT2D eigenvalue weighted by Crippen LogP contribution is 2.35. The number of carbonyl (C=O) groups excluding carboxylic acids is 1. The third-order valence-electron chi connectivity index (χ3n) is 4.26. The van der Waals surface area contributed by atoms with E-state index in [4.69, 9.17) is 5.26 Å². The molecule has 0 spiro atoms. The molecular formula is C18H25N3OS. The van der Waals surface area contributed by atoms with Crippen LogP contribution in [0.15, 0.2) is 29.2 Å². The van der Waals surface area contributed by atoms with E-state index in [9.17, 15) is 4.79 Å². The molecule has 0 aromatic heterocycles. The summed E-state index contributed by atoms with van der Waals surface area (Å²) >= 11 is 1.63. The van der Waals surface area contributed by atoms with Crippen molar-refractivity contribution in [2.75, 3.05) is 18.9 Å². The average molecular weight is 331 g/mol. The molecule has 0 unspecified atom stereocenters. The quantitative estimate of drug-likeness (QED) is 0.737. The van der Waals surface area contributed by atoms with Gasteiger partial charge in [0.25, 0.3) is 0 Å². The molecule has 0 radical (unpaired) electrons. The number of nitrogens with one attached hydrogen (secondary N) is 1. The maximum Gasteiger partial charge on any atom is 0.238 e. The van der Waals surface area contributed by atoms with E-state index in [0.717, 1.165) is 16.5 Å². The third kappa shape index (κ3) is 5.56. The van der Waals surface area contributed by atoms with Crippen LogP contribution in [0.1, 0.15) is 33.1 Å². The summed E-state index contributed by atoms with van der Waals surface area (Å²) in [6, 6.07) is 10.4. The second-order valence-electron chi connectivity index (χ2n) is 6.33. The number of para-hydroxylation sites is 1. The lowest BCUT2D eigenvalue weighted by Gasteiger charge is -2.24. The number of amides is 1. The van der Waals surface area contributed by atoms with Gasteiger partial charge in [-0.15, -0.1) is 11.8 Å². The van der Waals surface area contributed by atoms with Crippen LogP contribution in [0.2, 0.25) is 0 Å². The predicted molar refractivity (Wildman–Crippen MR) is 95.4 cm³/mol. The molecule has 0 bridgehead atoms. The molecule has 124 valence electrons. The number of likely N-dealkylation sites (N-methyl/N-ethyl adjacent to an activating group) is 1. The summed E-state index contributed by atoms with van der Waals surface area (Å²) < 4.78 is 0. The fourth-order valence-electron chi connectivity index (χ4n) is 2.56.